The molecular formula is C26H56N2O16. The average Bonchev–Trinajstić information content (AvgIpc) is 3.03. The largest absolute Gasteiger partial charge is 0.394 e. The third-order valence-corrected chi connectivity index (χ3v) is 6.22. The van der Waals surface area contributed by atoms with Crippen LogP contribution < -0.4 is 5.73 Å². The van der Waals surface area contributed by atoms with Gasteiger partial charge in [0.15, 0.2) is 0 Å². The molecule has 0 fully saturated rings. The topological polar surface area (TPSA) is 287 Å². The fraction of sp³-hybridized carbons (Fsp3) is 1.00. The lowest BCUT2D eigenvalue weighted by Gasteiger charge is -2.33. The third-order valence-electron chi connectivity index (χ3n) is 6.22. The van der Waals surface area contributed by atoms with Gasteiger partial charge in [0.25, 0.3) is 0 Å². The predicted molar refractivity (Wildman–Crippen MR) is 153 cm³/mol. The zero-order chi connectivity index (χ0) is 33.2. The summed E-state index contributed by atoms with van der Waals surface area (Å²) in [6, 6.07) is 0. The number of ether oxygens (including phenoxy) is 6. The molecule has 266 valence electrons. The molecule has 12 N–H and O–H groups in total. The molecule has 18 heteroatoms. The van der Waals surface area contributed by atoms with Gasteiger partial charge in [-0.15, -0.1) is 0 Å². The minimum Gasteiger partial charge on any atom is -0.394 e. The highest BCUT2D eigenvalue weighted by molar-refractivity contribution is 4.86. The van der Waals surface area contributed by atoms with Crippen molar-refractivity contribution >= 4 is 0 Å². The molecule has 0 aromatic heterocycles. The number of aliphatic hydroxyl groups excluding tert-OH is 10. The second-order valence-corrected chi connectivity index (χ2v) is 9.82. The molecule has 0 saturated carbocycles. The lowest BCUT2D eigenvalue weighted by Crippen LogP contribution is -2.53. The summed E-state index contributed by atoms with van der Waals surface area (Å²) in [5, 5.41) is 97.6. The predicted octanol–water partition coefficient (Wildman–Crippen LogP) is -6.78. The van der Waals surface area contributed by atoms with E-state index in [2.05, 4.69) is 0 Å². The molecule has 0 rings (SSSR count). The van der Waals surface area contributed by atoms with Crippen molar-refractivity contribution in [2.24, 2.45) is 5.73 Å². The number of hydrogen-bond acceptors (Lipinski definition) is 18. The Morgan fingerprint density at radius 1 is 0.409 bits per heavy atom. The summed E-state index contributed by atoms with van der Waals surface area (Å²) in [6.07, 6.45) is -14.2. The van der Waals surface area contributed by atoms with Crippen molar-refractivity contribution in [2.75, 3.05) is 119 Å². The summed E-state index contributed by atoms with van der Waals surface area (Å²) in [6.45, 7) is 2.36. The van der Waals surface area contributed by atoms with Crippen LogP contribution in [0.3, 0.4) is 0 Å². The fourth-order valence-corrected chi connectivity index (χ4v) is 3.61. The number of hydrogen-bond donors (Lipinski definition) is 11. The minimum absolute atomic E-state index is 0.0427. The normalized spacial score (nSPS) is 17.7. The van der Waals surface area contributed by atoms with Crippen molar-refractivity contribution in [2.45, 2.75) is 48.8 Å². The van der Waals surface area contributed by atoms with E-state index < -0.39 is 62.0 Å². The SMILES string of the molecule is NCCOCCOCCOCCOCCOCCOCCN(C[C@H](O)[C@@H](O)[C@H](O)[C@H](O)CO)C[C@H](O)[C@@H](O)[C@H](O)[C@H](O)CO. The van der Waals surface area contributed by atoms with Gasteiger partial charge in [-0.05, 0) is 0 Å². The third kappa shape index (κ3) is 21.1. The number of aliphatic hydroxyl groups is 10. The molecule has 0 saturated heterocycles. The smallest absolute Gasteiger partial charge is 0.111 e. The first-order chi connectivity index (χ1) is 21.1. The molecule has 0 aliphatic rings. The van der Waals surface area contributed by atoms with Gasteiger partial charge in [-0.2, -0.15) is 0 Å². The maximum atomic E-state index is 10.3. The van der Waals surface area contributed by atoms with E-state index in [1.807, 2.05) is 0 Å². The molecule has 0 bridgehead atoms. The van der Waals surface area contributed by atoms with Crippen LogP contribution in [-0.2, 0) is 28.4 Å². The summed E-state index contributed by atoms with van der Waals surface area (Å²) >= 11 is 0. The monoisotopic (exact) mass is 652 g/mol. The first-order valence-electron chi connectivity index (χ1n) is 14.7. The summed E-state index contributed by atoms with van der Waals surface area (Å²) in [5.41, 5.74) is 5.31. The molecule has 0 amide bonds. The molecule has 0 aromatic rings. The maximum absolute atomic E-state index is 10.3. The number of nitrogens with zero attached hydrogens (tertiary/aromatic N) is 1. The highest BCUT2D eigenvalue weighted by Crippen LogP contribution is 2.11. The van der Waals surface area contributed by atoms with E-state index in [0.717, 1.165) is 0 Å². The van der Waals surface area contributed by atoms with Crippen molar-refractivity contribution in [3.8, 4) is 0 Å². The first-order valence-corrected chi connectivity index (χ1v) is 14.7. The van der Waals surface area contributed by atoms with Crippen LogP contribution in [0.25, 0.3) is 0 Å². The van der Waals surface area contributed by atoms with Gasteiger partial charge >= 0.3 is 0 Å². The van der Waals surface area contributed by atoms with E-state index in [1.54, 1.807) is 0 Å². The minimum atomic E-state index is -1.86. The Labute approximate surface area is 258 Å². The van der Waals surface area contributed by atoms with E-state index in [4.69, 9.17) is 44.4 Å². The van der Waals surface area contributed by atoms with Crippen LogP contribution in [0, 0.1) is 0 Å². The van der Waals surface area contributed by atoms with Crippen molar-refractivity contribution in [1.82, 2.24) is 4.90 Å². The van der Waals surface area contributed by atoms with Gasteiger partial charge in [-0.1, -0.05) is 0 Å². The standard InChI is InChI=1S/C26H56N2O16/c27-1-3-39-5-7-41-9-11-43-13-14-44-12-10-42-8-6-40-4-2-28(15-19(31)23(35)25(37)21(33)17-29)16-20(32)24(36)26(38)22(34)18-30/h19-26,29-38H,1-18,27H2/t19-,20-,21+,22+,23+,24+,25+,26+/m0/s1. The van der Waals surface area contributed by atoms with Crippen molar-refractivity contribution in [1.29, 1.82) is 0 Å². The molecular weight excluding hydrogens is 596 g/mol. The Hall–Kier alpha value is -0.720. The van der Waals surface area contributed by atoms with E-state index in [0.29, 0.717) is 66.0 Å². The molecule has 0 aliphatic heterocycles. The van der Waals surface area contributed by atoms with Gasteiger partial charge in [-0.3, -0.25) is 4.90 Å². The number of rotatable bonds is 32. The Balaban J connectivity index is 4.29. The highest BCUT2D eigenvalue weighted by atomic mass is 16.6. The zero-order valence-corrected chi connectivity index (χ0v) is 25.3. The molecule has 18 nitrogen and oxygen atoms in total. The lowest BCUT2D eigenvalue weighted by atomic mass is 10.0. The van der Waals surface area contributed by atoms with E-state index >= 15 is 0 Å². The quantitative estimate of drug-likeness (QED) is 0.0301. The van der Waals surface area contributed by atoms with E-state index in [-0.39, 0.29) is 39.5 Å². The Bertz CT molecular complexity index is 601. The van der Waals surface area contributed by atoms with Crippen LogP contribution >= 0.6 is 0 Å². The summed E-state index contributed by atoms with van der Waals surface area (Å²) in [5.74, 6) is 0. The molecule has 0 unspecified atom stereocenters. The van der Waals surface area contributed by atoms with Gasteiger partial charge in [0.1, 0.15) is 36.6 Å². The van der Waals surface area contributed by atoms with Gasteiger partial charge in [0.2, 0.25) is 0 Å². The van der Waals surface area contributed by atoms with Gasteiger partial charge in [0.05, 0.1) is 105 Å². The van der Waals surface area contributed by atoms with Crippen molar-refractivity contribution in [3.05, 3.63) is 0 Å². The Morgan fingerprint density at radius 3 is 0.977 bits per heavy atom. The highest BCUT2D eigenvalue weighted by Gasteiger charge is 2.34. The van der Waals surface area contributed by atoms with Crippen LogP contribution in [0.1, 0.15) is 0 Å². The van der Waals surface area contributed by atoms with E-state index in [1.165, 1.54) is 4.90 Å². The zero-order valence-electron chi connectivity index (χ0n) is 25.3. The Morgan fingerprint density at radius 2 is 0.682 bits per heavy atom. The first kappa shape index (κ1) is 43.3. The number of nitrogens with two attached hydrogens (primary N) is 1. The summed E-state index contributed by atoms with van der Waals surface area (Å²) < 4.78 is 32.2. The molecule has 0 aliphatic carbocycles. The van der Waals surface area contributed by atoms with Gasteiger partial charge in [-0.25, -0.2) is 0 Å². The second-order valence-electron chi connectivity index (χ2n) is 9.82. The van der Waals surface area contributed by atoms with Gasteiger partial charge < -0.3 is 85.2 Å². The Kier molecular flexibility index (Phi) is 28.0. The molecule has 0 aromatic carbocycles. The van der Waals surface area contributed by atoms with E-state index in [9.17, 15) is 40.9 Å². The molecule has 0 radical (unpaired) electrons. The molecule has 8 atom stereocenters. The van der Waals surface area contributed by atoms with Gasteiger partial charge in [0, 0.05) is 26.2 Å². The van der Waals surface area contributed by atoms with Crippen LogP contribution in [0.4, 0.5) is 0 Å². The average molecular weight is 653 g/mol. The maximum Gasteiger partial charge on any atom is 0.111 e. The lowest BCUT2D eigenvalue weighted by molar-refractivity contribution is -0.131. The second kappa shape index (κ2) is 28.5. The molecule has 0 spiro atoms. The summed E-state index contributed by atoms with van der Waals surface area (Å²) in [7, 11) is 0. The van der Waals surface area contributed by atoms with Crippen molar-refractivity contribution < 1.29 is 79.5 Å². The van der Waals surface area contributed by atoms with Crippen LogP contribution in [0.15, 0.2) is 0 Å². The summed E-state index contributed by atoms with van der Waals surface area (Å²) in [4.78, 5) is 1.35. The molecule has 44 heavy (non-hydrogen) atoms. The van der Waals surface area contributed by atoms with Crippen LogP contribution in [0.5, 0.6) is 0 Å². The molecule has 0 heterocycles. The fourth-order valence-electron chi connectivity index (χ4n) is 3.61. The van der Waals surface area contributed by atoms with Crippen molar-refractivity contribution in [3.63, 3.8) is 0 Å². The van der Waals surface area contributed by atoms with Crippen LogP contribution in [-0.4, -0.2) is 223 Å². The van der Waals surface area contributed by atoms with Crippen LogP contribution in [0.2, 0.25) is 0 Å².